The van der Waals surface area contributed by atoms with Crippen LogP contribution in [0, 0.1) is 5.82 Å². The molecule has 0 saturated heterocycles. The van der Waals surface area contributed by atoms with Gasteiger partial charge in [-0.15, -0.1) is 0 Å². The maximum atomic E-state index is 13.3. The molecule has 3 heteroatoms. The topological polar surface area (TPSA) is 0 Å². The molecule has 0 aliphatic carbocycles. The summed E-state index contributed by atoms with van der Waals surface area (Å²) in [6, 6.07) is 4.95. The van der Waals surface area contributed by atoms with Gasteiger partial charge in [-0.1, -0.05) is 51.8 Å². The van der Waals surface area contributed by atoms with Crippen molar-refractivity contribution in [3.63, 3.8) is 0 Å². The molecule has 1 rings (SSSR count). The summed E-state index contributed by atoms with van der Waals surface area (Å²) in [6.45, 7) is 1.96. The number of benzene rings is 1. The van der Waals surface area contributed by atoms with Crippen LogP contribution in [0.25, 0.3) is 6.08 Å². The van der Waals surface area contributed by atoms with Gasteiger partial charge < -0.3 is 0 Å². The second-order valence-corrected chi connectivity index (χ2v) is 4.53. The predicted molar refractivity (Wildman–Crippen MR) is 58.8 cm³/mol. The molecule has 0 bridgehead atoms. The zero-order valence-corrected chi connectivity index (χ0v) is 9.44. The van der Waals surface area contributed by atoms with Crippen LogP contribution in [0.5, 0.6) is 0 Å². The molecule has 13 heavy (non-hydrogen) atoms. The molecule has 0 aliphatic heterocycles. The molecule has 0 spiro atoms. The van der Waals surface area contributed by atoms with E-state index in [1.807, 2.05) is 13.0 Å². The lowest BCUT2D eigenvalue weighted by Crippen LogP contribution is -1.85. The largest absolute Gasteiger partial charge is 0.205 e. The van der Waals surface area contributed by atoms with Crippen LogP contribution in [-0.4, -0.2) is 4.83 Å². The monoisotopic (exact) mass is 262 g/mol. The summed E-state index contributed by atoms with van der Waals surface area (Å²) in [5.74, 6) is -0.367. The molecular weight excluding hydrogens is 254 g/mol. The predicted octanol–water partition coefficient (Wildman–Crippen LogP) is 4.28. The van der Waals surface area contributed by atoms with Crippen molar-refractivity contribution in [2.24, 2.45) is 0 Å². The van der Waals surface area contributed by atoms with Crippen molar-refractivity contribution in [3.05, 3.63) is 40.7 Å². The van der Waals surface area contributed by atoms with Gasteiger partial charge in [-0.3, -0.25) is 0 Å². The van der Waals surface area contributed by atoms with E-state index in [2.05, 4.69) is 15.9 Å². The number of hydrogen-bond donors (Lipinski definition) is 0. The molecular formula is C10H9BrClF. The van der Waals surface area contributed by atoms with Crippen LogP contribution in [0.1, 0.15) is 12.5 Å². The van der Waals surface area contributed by atoms with Gasteiger partial charge in [0, 0.05) is 10.4 Å². The van der Waals surface area contributed by atoms with Crippen LogP contribution >= 0.6 is 27.5 Å². The zero-order chi connectivity index (χ0) is 9.84. The number of hydrogen-bond acceptors (Lipinski definition) is 0. The second kappa shape index (κ2) is 4.77. The van der Waals surface area contributed by atoms with E-state index in [0.29, 0.717) is 5.56 Å². The Hall–Kier alpha value is -0.340. The SMILES string of the molecule is CC(Br)/C=C/c1cccc(Cl)c1F. The Morgan fingerprint density at radius 2 is 2.23 bits per heavy atom. The number of allylic oxidation sites excluding steroid dienone is 1. The van der Waals surface area contributed by atoms with E-state index in [0.717, 1.165) is 0 Å². The minimum absolute atomic E-state index is 0.157. The lowest BCUT2D eigenvalue weighted by atomic mass is 10.2. The van der Waals surface area contributed by atoms with Crippen molar-refractivity contribution in [1.82, 2.24) is 0 Å². The highest BCUT2D eigenvalue weighted by Crippen LogP contribution is 2.19. The Kier molecular flexibility index (Phi) is 3.94. The Labute approximate surface area is 90.5 Å². The minimum atomic E-state index is -0.367. The van der Waals surface area contributed by atoms with Crippen molar-refractivity contribution in [1.29, 1.82) is 0 Å². The first kappa shape index (κ1) is 10.7. The smallest absolute Gasteiger partial charge is 0.148 e. The van der Waals surface area contributed by atoms with Crippen LogP contribution in [0.3, 0.4) is 0 Å². The summed E-state index contributed by atoms with van der Waals surface area (Å²) >= 11 is 8.94. The highest BCUT2D eigenvalue weighted by atomic mass is 79.9. The van der Waals surface area contributed by atoms with Crippen molar-refractivity contribution in [2.45, 2.75) is 11.8 Å². The van der Waals surface area contributed by atoms with Gasteiger partial charge >= 0.3 is 0 Å². The maximum Gasteiger partial charge on any atom is 0.148 e. The lowest BCUT2D eigenvalue weighted by Gasteiger charge is -1.98. The Bertz CT molecular complexity index is 321. The Morgan fingerprint density at radius 3 is 2.85 bits per heavy atom. The maximum absolute atomic E-state index is 13.3. The quantitative estimate of drug-likeness (QED) is 0.699. The van der Waals surface area contributed by atoms with Crippen molar-refractivity contribution in [2.75, 3.05) is 0 Å². The molecule has 0 saturated carbocycles. The van der Waals surface area contributed by atoms with Gasteiger partial charge in [0.2, 0.25) is 0 Å². The minimum Gasteiger partial charge on any atom is -0.205 e. The third-order valence-corrected chi connectivity index (χ3v) is 2.12. The third kappa shape index (κ3) is 3.12. The van der Waals surface area contributed by atoms with Gasteiger partial charge in [-0.2, -0.15) is 0 Å². The molecule has 70 valence electrons. The molecule has 1 atom stereocenters. The molecule has 0 heterocycles. The summed E-state index contributed by atoms with van der Waals surface area (Å²) in [5.41, 5.74) is 0.513. The van der Waals surface area contributed by atoms with Crippen LogP contribution in [0.2, 0.25) is 5.02 Å². The summed E-state index contributed by atoms with van der Waals surface area (Å²) in [5, 5.41) is 0.157. The molecule has 0 aromatic heterocycles. The Balaban J connectivity index is 2.95. The zero-order valence-electron chi connectivity index (χ0n) is 7.10. The number of alkyl halides is 1. The van der Waals surface area contributed by atoms with Gasteiger partial charge in [0.1, 0.15) is 5.82 Å². The van der Waals surface area contributed by atoms with Crippen molar-refractivity contribution < 1.29 is 4.39 Å². The van der Waals surface area contributed by atoms with Crippen LogP contribution in [0.15, 0.2) is 24.3 Å². The van der Waals surface area contributed by atoms with Gasteiger partial charge in [-0.05, 0) is 13.0 Å². The number of halogens is 3. The summed E-state index contributed by atoms with van der Waals surface area (Å²) < 4.78 is 13.3. The van der Waals surface area contributed by atoms with Gasteiger partial charge in [0.05, 0.1) is 5.02 Å². The molecule has 0 nitrogen and oxygen atoms in total. The fourth-order valence-electron chi connectivity index (χ4n) is 0.885. The molecule has 1 unspecified atom stereocenters. The lowest BCUT2D eigenvalue weighted by molar-refractivity contribution is 0.625. The molecule has 0 fully saturated rings. The van der Waals surface area contributed by atoms with E-state index < -0.39 is 0 Å². The first-order chi connectivity index (χ1) is 6.11. The van der Waals surface area contributed by atoms with Gasteiger partial charge in [0.15, 0.2) is 0 Å². The summed E-state index contributed by atoms with van der Waals surface area (Å²) in [7, 11) is 0. The second-order valence-electron chi connectivity index (χ2n) is 2.68. The third-order valence-electron chi connectivity index (χ3n) is 1.52. The first-order valence-electron chi connectivity index (χ1n) is 3.87. The highest BCUT2D eigenvalue weighted by molar-refractivity contribution is 9.09. The van der Waals surface area contributed by atoms with E-state index in [-0.39, 0.29) is 15.7 Å². The van der Waals surface area contributed by atoms with E-state index >= 15 is 0 Å². The molecule has 1 aromatic rings. The van der Waals surface area contributed by atoms with Crippen LogP contribution < -0.4 is 0 Å². The van der Waals surface area contributed by atoms with E-state index in [4.69, 9.17) is 11.6 Å². The molecule has 0 N–H and O–H groups in total. The van der Waals surface area contributed by atoms with Crippen LogP contribution in [0.4, 0.5) is 4.39 Å². The summed E-state index contributed by atoms with van der Waals surface area (Å²) in [4.78, 5) is 0.228. The average Bonchev–Trinajstić information content (AvgIpc) is 2.07. The first-order valence-corrected chi connectivity index (χ1v) is 5.17. The normalized spacial score (nSPS) is 13.5. The summed E-state index contributed by atoms with van der Waals surface area (Å²) in [6.07, 6.45) is 3.56. The van der Waals surface area contributed by atoms with Crippen molar-refractivity contribution in [3.8, 4) is 0 Å². The number of rotatable bonds is 2. The van der Waals surface area contributed by atoms with Gasteiger partial charge in [-0.25, -0.2) is 4.39 Å². The van der Waals surface area contributed by atoms with Crippen LogP contribution in [-0.2, 0) is 0 Å². The molecule has 0 radical (unpaired) electrons. The van der Waals surface area contributed by atoms with Crippen molar-refractivity contribution >= 4 is 33.6 Å². The molecule has 0 amide bonds. The standard InChI is InChI=1S/C10H9BrClF/c1-7(11)5-6-8-3-2-4-9(12)10(8)13/h2-7H,1H3/b6-5+. The fourth-order valence-corrected chi connectivity index (χ4v) is 1.22. The van der Waals surface area contributed by atoms with E-state index in [1.165, 1.54) is 6.07 Å². The van der Waals surface area contributed by atoms with E-state index in [9.17, 15) is 4.39 Å². The van der Waals surface area contributed by atoms with E-state index in [1.54, 1.807) is 18.2 Å². The highest BCUT2D eigenvalue weighted by Gasteiger charge is 2.02. The molecule has 0 aliphatic rings. The fraction of sp³-hybridized carbons (Fsp3) is 0.200. The Morgan fingerprint density at radius 1 is 1.54 bits per heavy atom. The average molecular weight is 264 g/mol. The van der Waals surface area contributed by atoms with Gasteiger partial charge in [0.25, 0.3) is 0 Å². The molecule has 1 aromatic carbocycles.